The molecular weight excluding hydrogens is 226 g/mol. The van der Waals surface area contributed by atoms with Gasteiger partial charge in [-0.1, -0.05) is 6.07 Å². The van der Waals surface area contributed by atoms with Crippen molar-refractivity contribution >= 4 is 5.91 Å². The molecule has 0 unspecified atom stereocenters. The van der Waals surface area contributed by atoms with Crippen LogP contribution in [0, 0.1) is 11.6 Å². The molecule has 0 aromatic heterocycles. The zero-order valence-corrected chi connectivity index (χ0v) is 9.72. The Morgan fingerprint density at radius 3 is 2.53 bits per heavy atom. The standard InChI is InChI=1S/C12H16F2N2O/c1-2-16-12(17)6-7-15-8-9-10(13)4-3-5-11(9)14/h3-5,15H,2,6-8H2,1H3,(H,16,17). The highest BCUT2D eigenvalue weighted by atomic mass is 19.1. The Morgan fingerprint density at radius 1 is 1.29 bits per heavy atom. The summed E-state index contributed by atoms with van der Waals surface area (Å²) in [5.74, 6) is -1.22. The minimum atomic E-state index is -0.574. The van der Waals surface area contributed by atoms with Crippen LogP contribution in [0.2, 0.25) is 0 Å². The molecule has 0 aliphatic carbocycles. The number of hydrogen-bond donors (Lipinski definition) is 2. The van der Waals surface area contributed by atoms with Gasteiger partial charge >= 0.3 is 0 Å². The maximum Gasteiger partial charge on any atom is 0.221 e. The summed E-state index contributed by atoms with van der Waals surface area (Å²) in [5.41, 5.74) is 0.00315. The highest BCUT2D eigenvalue weighted by Crippen LogP contribution is 2.11. The molecule has 0 atom stereocenters. The van der Waals surface area contributed by atoms with Gasteiger partial charge in [-0.2, -0.15) is 0 Å². The second-order valence-corrected chi connectivity index (χ2v) is 3.58. The van der Waals surface area contributed by atoms with E-state index in [2.05, 4.69) is 10.6 Å². The third-order valence-electron chi connectivity index (χ3n) is 2.27. The van der Waals surface area contributed by atoms with Crippen LogP contribution in [0.1, 0.15) is 18.9 Å². The van der Waals surface area contributed by atoms with Gasteiger partial charge in [0.05, 0.1) is 0 Å². The first-order valence-electron chi connectivity index (χ1n) is 5.55. The van der Waals surface area contributed by atoms with Crippen molar-refractivity contribution in [3.63, 3.8) is 0 Å². The highest BCUT2D eigenvalue weighted by molar-refractivity contribution is 5.75. The summed E-state index contributed by atoms with van der Waals surface area (Å²) in [4.78, 5) is 11.1. The van der Waals surface area contributed by atoms with Gasteiger partial charge in [0.2, 0.25) is 5.91 Å². The first-order valence-corrected chi connectivity index (χ1v) is 5.55. The molecule has 5 heteroatoms. The number of carbonyl (C=O) groups is 1. The summed E-state index contributed by atoms with van der Waals surface area (Å²) in [7, 11) is 0. The largest absolute Gasteiger partial charge is 0.356 e. The van der Waals surface area contributed by atoms with Gasteiger partial charge in [0, 0.05) is 31.6 Å². The Kier molecular flexibility index (Phi) is 5.56. The van der Waals surface area contributed by atoms with E-state index in [9.17, 15) is 13.6 Å². The molecule has 0 saturated carbocycles. The van der Waals surface area contributed by atoms with Crippen LogP contribution >= 0.6 is 0 Å². The molecule has 0 aliphatic rings. The fourth-order valence-corrected chi connectivity index (χ4v) is 1.40. The molecule has 17 heavy (non-hydrogen) atoms. The van der Waals surface area contributed by atoms with Gasteiger partial charge in [0.15, 0.2) is 0 Å². The lowest BCUT2D eigenvalue weighted by molar-refractivity contribution is -0.120. The van der Waals surface area contributed by atoms with Crippen LogP contribution in [0.3, 0.4) is 0 Å². The van der Waals surface area contributed by atoms with E-state index in [1.54, 1.807) is 0 Å². The molecule has 1 aromatic carbocycles. The van der Waals surface area contributed by atoms with Gasteiger partial charge in [-0.25, -0.2) is 8.78 Å². The molecule has 0 fully saturated rings. The van der Waals surface area contributed by atoms with E-state index in [0.717, 1.165) is 0 Å². The number of carbonyl (C=O) groups excluding carboxylic acids is 1. The number of hydrogen-bond acceptors (Lipinski definition) is 2. The molecule has 1 aromatic rings. The van der Waals surface area contributed by atoms with Crippen molar-refractivity contribution in [1.29, 1.82) is 0 Å². The van der Waals surface area contributed by atoms with Crippen molar-refractivity contribution in [2.45, 2.75) is 19.9 Å². The Bertz CT molecular complexity index is 363. The Balaban J connectivity index is 2.34. The molecule has 0 radical (unpaired) electrons. The van der Waals surface area contributed by atoms with Crippen molar-refractivity contribution in [1.82, 2.24) is 10.6 Å². The van der Waals surface area contributed by atoms with Crippen LogP contribution in [0.5, 0.6) is 0 Å². The molecule has 0 spiro atoms. The van der Waals surface area contributed by atoms with Crippen molar-refractivity contribution in [3.05, 3.63) is 35.4 Å². The predicted octanol–water partition coefficient (Wildman–Crippen LogP) is 1.58. The van der Waals surface area contributed by atoms with Crippen LogP contribution in [0.25, 0.3) is 0 Å². The normalized spacial score (nSPS) is 10.3. The minimum Gasteiger partial charge on any atom is -0.356 e. The molecule has 1 amide bonds. The maximum atomic E-state index is 13.2. The van der Waals surface area contributed by atoms with Gasteiger partial charge in [0.25, 0.3) is 0 Å². The Hall–Kier alpha value is -1.49. The number of rotatable bonds is 6. The maximum absolute atomic E-state index is 13.2. The van der Waals surface area contributed by atoms with Crippen LogP contribution < -0.4 is 10.6 Å². The van der Waals surface area contributed by atoms with Gasteiger partial charge in [-0.15, -0.1) is 0 Å². The zero-order chi connectivity index (χ0) is 12.7. The quantitative estimate of drug-likeness (QED) is 0.744. The predicted molar refractivity (Wildman–Crippen MR) is 61.4 cm³/mol. The summed E-state index contributed by atoms with van der Waals surface area (Å²) in [6.45, 7) is 2.89. The van der Waals surface area contributed by atoms with Gasteiger partial charge in [-0.3, -0.25) is 4.79 Å². The van der Waals surface area contributed by atoms with Crippen LogP contribution in [0.4, 0.5) is 8.78 Å². The molecular formula is C12H16F2N2O. The average Bonchev–Trinajstić information content (AvgIpc) is 2.28. The fourth-order valence-electron chi connectivity index (χ4n) is 1.40. The fraction of sp³-hybridized carbons (Fsp3) is 0.417. The molecule has 2 N–H and O–H groups in total. The van der Waals surface area contributed by atoms with Crippen molar-refractivity contribution < 1.29 is 13.6 Å². The third-order valence-corrected chi connectivity index (χ3v) is 2.27. The third kappa shape index (κ3) is 4.48. The zero-order valence-electron chi connectivity index (χ0n) is 9.72. The molecule has 0 heterocycles. The summed E-state index contributed by atoms with van der Waals surface area (Å²) < 4.78 is 26.4. The first-order chi connectivity index (χ1) is 8.15. The number of benzene rings is 1. The van der Waals surface area contributed by atoms with Gasteiger partial charge < -0.3 is 10.6 Å². The summed E-state index contributed by atoms with van der Waals surface area (Å²) in [6.07, 6.45) is 0.296. The van der Waals surface area contributed by atoms with E-state index < -0.39 is 11.6 Å². The van der Waals surface area contributed by atoms with Crippen LogP contribution in [0.15, 0.2) is 18.2 Å². The number of amides is 1. The first kappa shape index (κ1) is 13.6. The van der Waals surface area contributed by atoms with Gasteiger partial charge in [0.1, 0.15) is 11.6 Å². The Morgan fingerprint density at radius 2 is 1.94 bits per heavy atom. The van der Waals surface area contributed by atoms with E-state index in [4.69, 9.17) is 0 Å². The van der Waals surface area contributed by atoms with Crippen molar-refractivity contribution in [2.75, 3.05) is 13.1 Å². The molecule has 3 nitrogen and oxygen atoms in total. The van der Waals surface area contributed by atoms with Crippen LogP contribution in [-0.4, -0.2) is 19.0 Å². The average molecular weight is 242 g/mol. The molecule has 1 rings (SSSR count). The van der Waals surface area contributed by atoms with Gasteiger partial charge in [-0.05, 0) is 19.1 Å². The van der Waals surface area contributed by atoms with E-state index in [0.29, 0.717) is 19.5 Å². The van der Waals surface area contributed by atoms with Crippen molar-refractivity contribution in [2.24, 2.45) is 0 Å². The molecule has 94 valence electrons. The van der Waals surface area contributed by atoms with E-state index in [1.807, 2.05) is 6.92 Å². The Labute approximate surface area is 99.2 Å². The summed E-state index contributed by atoms with van der Waals surface area (Å²) >= 11 is 0. The number of halogens is 2. The summed E-state index contributed by atoms with van der Waals surface area (Å²) in [6, 6.07) is 3.75. The smallest absolute Gasteiger partial charge is 0.221 e. The second-order valence-electron chi connectivity index (χ2n) is 3.58. The molecule has 0 bridgehead atoms. The summed E-state index contributed by atoms with van der Waals surface area (Å²) in [5, 5.41) is 5.47. The minimum absolute atomic E-state index is 0.00315. The monoisotopic (exact) mass is 242 g/mol. The van der Waals surface area contributed by atoms with E-state index in [-0.39, 0.29) is 18.0 Å². The SMILES string of the molecule is CCNC(=O)CCNCc1c(F)cccc1F. The second kappa shape index (κ2) is 6.96. The topological polar surface area (TPSA) is 41.1 Å². The van der Waals surface area contributed by atoms with E-state index >= 15 is 0 Å². The molecule has 0 aliphatic heterocycles. The lowest BCUT2D eigenvalue weighted by atomic mass is 10.2. The lowest BCUT2D eigenvalue weighted by Crippen LogP contribution is -2.27. The van der Waals surface area contributed by atoms with Crippen molar-refractivity contribution in [3.8, 4) is 0 Å². The van der Waals surface area contributed by atoms with Crippen LogP contribution in [-0.2, 0) is 11.3 Å². The number of nitrogens with one attached hydrogen (secondary N) is 2. The van der Waals surface area contributed by atoms with E-state index in [1.165, 1.54) is 18.2 Å². The highest BCUT2D eigenvalue weighted by Gasteiger charge is 2.07. The lowest BCUT2D eigenvalue weighted by Gasteiger charge is -2.07. The molecule has 0 saturated heterocycles.